The molecule has 1 amide bonds. The zero-order valence-electron chi connectivity index (χ0n) is 13.2. The van der Waals surface area contributed by atoms with Gasteiger partial charge in [-0.2, -0.15) is 0 Å². The molecule has 2 heterocycles. The smallest absolute Gasteiger partial charge is 0.307 e. The van der Waals surface area contributed by atoms with E-state index in [1.54, 1.807) is 11.8 Å². The monoisotopic (exact) mass is 351 g/mol. The van der Waals surface area contributed by atoms with Crippen molar-refractivity contribution in [2.45, 2.75) is 32.2 Å². The van der Waals surface area contributed by atoms with Crippen molar-refractivity contribution >= 4 is 35.1 Å². The number of halogens is 1. The summed E-state index contributed by atoms with van der Waals surface area (Å²) in [7, 11) is 0. The summed E-state index contributed by atoms with van der Waals surface area (Å²) in [6.07, 6.45) is 1.69. The Morgan fingerprint density at radius 1 is 1.42 bits per heavy atom. The summed E-state index contributed by atoms with van der Waals surface area (Å²) < 4.78 is 19.1. The van der Waals surface area contributed by atoms with E-state index in [4.69, 9.17) is 17.0 Å². The van der Waals surface area contributed by atoms with E-state index in [2.05, 4.69) is 9.97 Å². The van der Waals surface area contributed by atoms with Crippen LogP contribution < -0.4 is 0 Å². The maximum Gasteiger partial charge on any atom is 0.307 e. The number of imidazole rings is 1. The van der Waals surface area contributed by atoms with Crippen molar-refractivity contribution in [3.63, 3.8) is 0 Å². The summed E-state index contributed by atoms with van der Waals surface area (Å²) in [6.45, 7) is 2.59. The maximum absolute atomic E-state index is 13.8. The van der Waals surface area contributed by atoms with Gasteiger partial charge in [0.25, 0.3) is 5.91 Å². The van der Waals surface area contributed by atoms with Gasteiger partial charge in [-0.1, -0.05) is 0 Å². The number of ether oxygens (including phenoxy) is 1. The summed E-state index contributed by atoms with van der Waals surface area (Å²) in [5, 5.41) is 0. The number of amides is 1. The molecule has 0 spiro atoms. The van der Waals surface area contributed by atoms with Gasteiger partial charge in [0.15, 0.2) is 4.77 Å². The minimum absolute atomic E-state index is 0.154. The second-order valence-corrected chi connectivity index (χ2v) is 6.17. The standard InChI is InChI=1S/C16H18FN3O3S/c1-2-23-13(21)8-10-4-3-5-20(10)15(22)11-6-9(17)7-12-14(11)19-16(24)18-12/h6-7,10H,2-5,8H2,1H3,(H2,18,19,24)/t10-/m0/s1. The first-order valence-corrected chi connectivity index (χ1v) is 8.28. The van der Waals surface area contributed by atoms with Crippen LogP contribution in [-0.2, 0) is 9.53 Å². The minimum Gasteiger partial charge on any atom is -0.466 e. The molecule has 0 radical (unpaired) electrons. The van der Waals surface area contributed by atoms with Gasteiger partial charge in [-0.25, -0.2) is 4.39 Å². The number of hydrogen-bond acceptors (Lipinski definition) is 4. The maximum atomic E-state index is 13.8. The third-order valence-corrected chi connectivity index (χ3v) is 4.37. The Hall–Kier alpha value is -2.22. The van der Waals surface area contributed by atoms with Crippen molar-refractivity contribution in [2.75, 3.05) is 13.2 Å². The average Bonchev–Trinajstić information content (AvgIpc) is 3.11. The molecular weight excluding hydrogens is 333 g/mol. The van der Waals surface area contributed by atoms with E-state index in [0.717, 1.165) is 12.8 Å². The number of nitrogens with zero attached hydrogens (tertiary/aromatic N) is 1. The second kappa shape index (κ2) is 6.72. The molecular formula is C16H18FN3O3S. The number of nitrogens with one attached hydrogen (secondary N) is 2. The molecule has 3 rings (SSSR count). The lowest BCUT2D eigenvalue weighted by Gasteiger charge is -2.24. The third-order valence-electron chi connectivity index (χ3n) is 4.17. The Morgan fingerprint density at radius 2 is 2.21 bits per heavy atom. The highest BCUT2D eigenvalue weighted by molar-refractivity contribution is 7.71. The van der Waals surface area contributed by atoms with Gasteiger partial charge in [0.05, 0.1) is 29.6 Å². The Labute approximate surface area is 143 Å². The third kappa shape index (κ3) is 3.19. The van der Waals surface area contributed by atoms with Crippen molar-refractivity contribution in [1.82, 2.24) is 14.9 Å². The Kier molecular flexibility index (Phi) is 4.66. The number of aromatic nitrogens is 2. The number of carbonyl (C=O) groups excluding carboxylic acids is 2. The zero-order chi connectivity index (χ0) is 17.3. The van der Waals surface area contributed by atoms with Crippen molar-refractivity contribution < 1.29 is 18.7 Å². The fraction of sp³-hybridized carbons (Fsp3) is 0.438. The van der Waals surface area contributed by atoms with Crippen LogP contribution in [0.4, 0.5) is 4.39 Å². The predicted octanol–water partition coefficient (Wildman–Crippen LogP) is 2.92. The van der Waals surface area contributed by atoms with Gasteiger partial charge in [-0.15, -0.1) is 0 Å². The molecule has 0 bridgehead atoms. The van der Waals surface area contributed by atoms with Gasteiger partial charge in [0, 0.05) is 12.6 Å². The van der Waals surface area contributed by atoms with E-state index in [0.29, 0.717) is 29.0 Å². The predicted molar refractivity (Wildman–Crippen MR) is 88.7 cm³/mol. The first-order valence-electron chi connectivity index (χ1n) is 7.87. The lowest BCUT2D eigenvalue weighted by atomic mass is 10.1. The molecule has 2 N–H and O–H groups in total. The van der Waals surface area contributed by atoms with Gasteiger partial charge < -0.3 is 19.6 Å². The Morgan fingerprint density at radius 3 is 2.96 bits per heavy atom. The van der Waals surface area contributed by atoms with Gasteiger partial charge in [-0.05, 0) is 44.1 Å². The number of hydrogen-bond donors (Lipinski definition) is 2. The van der Waals surface area contributed by atoms with Crippen LogP contribution in [0, 0.1) is 10.6 Å². The number of esters is 1. The molecule has 0 unspecified atom stereocenters. The van der Waals surface area contributed by atoms with Crippen molar-refractivity contribution in [2.24, 2.45) is 0 Å². The topological polar surface area (TPSA) is 78.2 Å². The van der Waals surface area contributed by atoms with Crippen molar-refractivity contribution in [3.8, 4) is 0 Å². The first kappa shape index (κ1) is 16.6. The normalized spacial score (nSPS) is 17.4. The summed E-state index contributed by atoms with van der Waals surface area (Å²) in [6, 6.07) is 2.26. The van der Waals surface area contributed by atoms with Gasteiger partial charge in [0.2, 0.25) is 0 Å². The molecule has 0 saturated carbocycles. The van der Waals surface area contributed by atoms with Gasteiger partial charge in [0.1, 0.15) is 5.82 Å². The number of rotatable bonds is 4. The molecule has 8 heteroatoms. The molecule has 1 aliphatic heterocycles. The number of benzene rings is 1. The van der Waals surface area contributed by atoms with Crippen LogP contribution in [0.3, 0.4) is 0 Å². The van der Waals surface area contributed by atoms with Crippen LogP contribution in [0.25, 0.3) is 11.0 Å². The summed E-state index contributed by atoms with van der Waals surface area (Å²) in [4.78, 5) is 32.0. The van der Waals surface area contributed by atoms with E-state index in [-0.39, 0.29) is 29.9 Å². The lowest BCUT2D eigenvalue weighted by Crippen LogP contribution is -2.37. The number of fused-ring (bicyclic) bond motifs is 1. The quantitative estimate of drug-likeness (QED) is 0.656. The highest BCUT2D eigenvalue weighted by Gasteiger charge is 2.32. The number of H-pyrrole nitrogens is 2. The van der Waals surface area contributed by atoms with E-state index in [1.807, 2.05) is 0 Å². The average molecular weight is 351 g/mol. The summed E-state index contributed by atoms with van der Waals surface area (Å²) >= 11 is 5.03. The second-order valence-electron chi connectivity index (χ2n) is 5.76. The van der Waals surface area contributed by atoms with E-state index in [9.17, 15) is 14.0 Å². The van der Waals surface area contributed by atoms with Crippen LogP contribution in [0.5, 0.6) is 0 Å². The highest BCUT2D eigenvalue weighted by atomic mass is 32.1. The number of carbonyl (C=O) groups is 2. The van der Waals surface area contributed by atoms with E-state index < -0.39 is 5.82 Å². The Bertz CT molecular complexity index is 845. The van der Waals surface area contributed by atoms with Gasteiger partial charge >= 0.3 is 5.97 Å². The minimum atomic E-state index is -0.516. The Balaban J connectivity index is 1.90. The summed E-state index contributed by atoms with van der Waals surface area (Å²) in [5.41, 5.74) is 1.14. The molecule has 6 nitrogen and oxygen atoms in total. The van der Waals surface area contributed by atoms with Crippen LogP contribution in [0.1, 0.15) is 36.5 Å². The van der Waals surface area contributed by atoms with Crippen LogP contribution in [0.15, 0.2) is 12.1 Å². The highest BCUT2D eigenvalue weighted by Crippen LogP contribution is 2.26. The van der Waals surface area contributed by atoms with Crippen LogP contribution in [0.2, 0.25) is 0 Å². The number of aromatic amines is 2. The molecule has 128 valence electrons. The molecule has 1 atom stereocenters. The lowest BCUT2D eigenvalue weighted by molar-refractivity contribution is -0.144. The van der Waals surface area contributed by atoms with E-state index in [1.165, 1.54) is 12.1 Å². The van der Waals surface area contributed by atoms with E-state index >= 15 is 0 Å². The molecule has 1 aliphatic rings. The van der Waals surface area contributed by atoms with Crippen LogP contribution in [-0.4, -0.2) is 45.9 Å². The van der Waals surface area contributed by atoms with Crippen molar-refractivity contribution in [1.29, 1.82) is 0 Å². The molecule has 24 heavy (non-hydrogen) atoms. The van der Waals surface area contributed by atoms with Crippen molar-refractivity contribution in [3.05, 3.63) is 28.3 Å². The molecule has 1 aromatic heterocycles. The van der Waals surface area contributed by atoms with Gasteiger partial charge in [-0.3, -0.25) is 9.59 Å². The largest absolute Gasteiger partial charge is 0.466 e. The molecule has 1 fully saturated rings. The molecule has 1 saturated heterocycles. The summed E-state index contributed by atoms with van der Waals surface area (Å²) in [5.74, 6) is -1.15. The van der Waals surface area contributed by atoms with Crippen LogP contribution >= 0.6 is 12.2 Å². The number of likely N-dealkylation sites (tertiary alicyclic amines) is 1. The molecule has 2 aromatic rings. The fourth-order valence-electron chi connectivity index (χ4n) is 3.16. The molecule has 0 aliphatic carbocycles. The molecule has 1 aromatic carbocycles. The zero-order valence-corrected chi connectivity index (χ0v) is 14.0. The SMILES string of the molecule is CCOC(=O)C[C@@H]1CCCN1C(=O)c1cc(F)cc2[nH]c(=S)[nH]c12. The first-order chi connectivity index (χ1) is 11.5. The fourth-order valence-corrected chi connectivity index (χ4v) is 3.37.